The summed E-state index contributed by atoms with van der Waals surface area (Å²) in [7, 11) is 0. The summed E-state index contributed by atoms with van der Waals surface area (Å²) >= 11 is 3.11. The predicted molar refractivity (Wildman–Crippen MR) is 128 cm³/mol. The van der Waals surface area contributed by atoms with Gasteiger partial charge in [0.2, 0.25) is 5.91 Å². The summed E-state index contributed by atoms with van der Waals surface area (Å²) in [6, 6.07) is 26.5. The smallest absolute Gasteiger partial charge is 0.234 e. The molecule has 0 atom stereocenters. The predicted octanol–water partition coefficient (Wildman–Crippen LogP) is 6.82. The number of hydrogen-bond acceptors (Lipinski definition) is 4. The van der Waals surface area contributed by atoms with Gasteiger partial charge in [-0.3, -0.25) is 4.79 Å². The molecular formula is C25H22N2OS2. The van der Waals surface area contributed by atoms with Crippen LogP contribution in [-0.4, -0.2) is 16.6 Å². The molecule has 3 nitrogen and oxygen atoms in total. The fourth-order valence-corrected chi connectivity index (χ4v) is 5.22. The zero-order valence-electron chi connectivity index (χ0n) is 16.9. The third-order valence-corrected chi connectivity index (χ3v) is 7.01. The maximum atomic E-state index is 12.6. The summed E-state index contributed by atoms with van der Waals surface area (Å²) < 4.78 is 0.893. The van der Waals surface area contributed by atoms with Crippen molar-refractivity contribution in [2.45, 2.75) is 18.2 Å². The van der Waals surface area contributed by atoms with Crippen LogP contribution in [-0.2, 0) is 4.79 Å². The molecule has 0 saturated heterocycles. The minimum atomic E-state index is -0.0184. The molecule has 0 fully saturated rings. The molecule has 0 aliphatic heterocycles. The van der Waals surface area contributed by atoms with E-state index in [1.54, 1.807) is 11.3 Å². The molecule has 0 aliphatic carbocycles. The van der Waals surface area contributed by atoms with Crippen LogP contribution in [0.15, 0.2) is 83.2 Å². The second-order valence-electron chi connectivity index (χ2n) is 6.99. The number of para-hydroxylation sites is 1. The van der Waals surface area contributed by atoms with Crippen LogP contribution in [0.4, 0.5) is 5.69 Å². The van der Waals surface area contributed by atoms with Gasteiger partial charge in [0.1, 0.15) is 0 Å². The molecule has 0 bridgehead atoms. The lowest BCUT2D eigenvalue weighted by molar-refractivity contribution is -0.113. The molecule has 3 aromatic carbocycles. The highest BCUT2D eigenvalue weighted by molar-refractivity contribution is 8.01. The Bertz CT molecular complexity index is 1080. The molecule has 0 aliphatic rings. The molecule has 4 rings (SSSR count). The van der Waals surface area contributed by atoms with Crippen molar-refractivity contribution in [2.75, 3.05) is 11.1 Å². The zero-order valence-corrected chi connectivity index (χ0v) is 18.5. The van der Waals surface area contributed by atoms with Crippen LogP contribution in [0.5, 0.6) is 0 Å². The van der Waals surface area contributed by atoms with E-state index < -0.39 is 0 Å². The third-order valence-electron chi connectivity index (χ3n) is 4.76. The van der Waals surface area contributed by atoms with E-state index >= 15 is 0 Å². The molecule has 0 radical (unpaired) electrons. The van der Waals surface area contributed by atoms with Gasteiger partial charge in [0.15, 0.2) is 4.34 Å². The first-order chi connectivity index (χ1) is 14.6. The van der Waals surface area contributed by atoms with Crippen molar-refractivity contribution in [3.05, 3.63) is 90.0 Å². The van der Waals surface area contributed by atoms with Crippen molar-refractivity contribution in [1.82, 2.24) is 4.98 Å². The second-order valence-corrected chi connectivity index (χ2v) is 9.21. The number of thioether (sulfide) groups is 1. The molecule has 1 amide bonds. The van der Waals surface area contributed by atoms with Crippen molar-refractivity contribution in [2.24, 2.45) is 0 Å². The number of aryl methyl sites for hydroxylation is 2. The van der Waals surface area contributed by atoms with Crippen LogP contribution in [0.3, 0.4) is 0 Å². The summed E-state index contributed by atoms with van der Waals surface area (Å²) in [4.78, 5) is 18.6. The van der Waals surface area contributed by atoms with Gasteiger partial charge in [-0.2, -0.15) is 0 Å². The molecule has 0 unspecified atom stereocenters. The minimum Gasteiger partial charge on any atom is -0.325 e. The number of nitrogens with zero attached hydrogens (tertiary/aromatic N) is 1. The maximum absolute atomic E-state index is 12.6. The van der Waals surface area contributed by atoms with E-state index in [1.165, 1.54) is 11.8 Å². The summed E-state index contributed by atoms with van der Waals surface area (Å²) in [5.74, 6) is 0.305. The molecule has 0 spiro atoms. The number of rotatable bonds is 6. The van der Waals surface area contributed by atoms with Crippen molar-refractivity contribution in [3.8, 4) is 21.7 Å². The first-order valence-electron chi connectivity index (χ1n) is 9.72. The molecule has 1 N–H and O–H groups in total. The van der Waals surface area contributed by atoms with Crippen LogP contribution >= 0.6 is 23.1 Å². The molecule has 5 heteroatoms. The summed E-state index contributed by atoms with van der Waals surface area (Å²) in [5.41, 5.74) is 6.22. The van der Waals surface area contributed by atoms with Gasteiger partial charge in [-0.05, 0) is 30.5 Å². The van der Waals surface area contributed by atoms with Crippen LogP contribution in [0, 0.1) is 13.8 Å². The molecule has 150 valence electrons. The van der Waals surface area contributed by atoms with Gasteiger partial charge in [-0.15, -0.1) is 11.3 Å². The van der Waals surface area contributed by atoms with E-state index in [2.05, 4.69) is 29.6 Å². The van der Waals surface area contributed by atoms with E-state index in [1.807, 2.05) is 68.4 Å². The lowest BCUT2D eigenvalue weighted by atomic mass is 10.1. The monoisotopic (exact) mass is 430 g/mol. The average molecular weight is 431 g/mol. The second kappa shape index (κ2) is 9.28. The standard InChI is InChI=1S/C25H22N2OS2/c1-17-10-9-11-18(2)22(17)26-21(28)16-29-25-27-23(19-12-5-3-6-13-19)24(30-25)20-14-7-4-8-15-20/h3-15H,16H2,1-2H3,(H,26,28). The van der Waals surface area contributed by atoms with Crippen LogP contribution in [0.1, 0.15) is 11.1 Å². The zero-order chi connectivity index (χ0) is 20.9. The number of nitrogens with one attached hydrogen (secondary N) is 1. The summed E-state index contributed by atoms with van der Waals surface area (Å²) in [6.45, 7) is 4.02. The van der Waals surface area contributed by atoms with Gasteiger partial charge < -0.3 is 5.32 Å². The van der Waals surface area contributed by atoms with Gasteiger partial charge in [0, 0.05) is 11.3 Å². The Balaban J connectivity index is 1.55. The highest BCUT2D eigenvalue weighted by Gasteiger charge is 2.16. The first-order valence-corrected chi connectivity index (χ1v) is 11.5. The lowest BCUT2D eigenvalue weighted by Gasteiger charge is -2.10. The summed E-state index contributed by atoms with van der Waals surface area (Å²) in [5, 5.41) is 3.05. The lowest BCUT2D eigenvalue weighted by Crippen LogP contribution is -2.15. The van der Waals surface area contributed by atoms with Crippen molar-refractivity contribution in [1.29, 1.82) is 0 Å². The maximum Gasteiger partial charge on any atom is 0.234 e. The van der Waals surface area contributed by atoms with Gasteiger partial charge in [-0.25, -0.2) is 4.98 Å². The van der Waals surface area contributed by atoms with Crippen LogP contribution in [0.25, 0.3) is 21.7 Å². The number of carbonyl (C=O) groups excluding carboxylic acids is 1. The van der Waals surface area contributed by atoms with Crippen LogP contribution < -0.4 is 5.32 Å². The van der Waals surface area contributed by atoms with Crippen molar-refractivity contribution in [3.63, 3.8) is 0 Å². The largest absolute Gasteiger partial charge is 0.325 e. The molecule has 4 aromatic rings. The number of aromatic nitrogens is 1. The van der Waals surface area contributed by atoms with Gasteiger partial charge in [0.25, 0.3) is 0 Å². The number of hydrogen-bond donors (Lipinski definition) is 1. The van der Waals surface area contributed by atoms with E-state index in [-0.39, 0.29) is 5.91 Å². The number of benzene rings is 3. The normalized spacial score (nSPS) is 10.7. The van der Waals surface area contributed by atoms with Gasteiger partial charge in [-0.1, -0.05) is 90.6 Å². The van der Waals surface area contributed by atoms with Gasteiger partial charge >= 0.3 is 0 Å². The number of amides is 1. The fraction of sp³-hybridized carbons (Fsp3) is 0.120. The molecule has 30 heavy (non-hydrogen) atoms. The van der Waals surface area contributed by atoms with E-state index in [0.29, 0.717) is 5.75 Å². The van der Waals surface area contributed by atoms with E-state index in [0.717, 1.165) is 42.9 Å². The quantitative estimate of drug-likeness (QED) is 0.341. The van der Waals surface area contributed by atoms with Crippen molar-refractivity contribution >= 4 is 34.7 Å². The summed E-state index contributed by atoms with van der Waals surface area (Å²) in [6.07, 6.45) is 0. The molecule has 1 aromatic heterocycles. The Morgan fingerprint density at radius 2 is 1.47 bits per heavy atom. The number of thiazole rings is 1. The van der Waals surface area contributed by atoms with E-state index in [9.17, 15) is 4.79 Å². The fourth-order valence-electron chi connectivity index (χ4n) is 3.25. The Morgan fingerprint density at radius 1 is 0.867 bits per heavy atom. The Kier molecular flexibility index (Phi) is 6.31. The number of carbonyl (C=O) groups is 1. The number of anilines is 1. The molecule has 0 saturated carbocycles. The highest BCUT2D eigenvalue weighted by atomic mass is 32.2. The molecule has 1 heterocycles. The first kappa shape index (κ1) is 20.4. The van der Waals surface area contributed by atoms with E-state index in [4.69, 9.17) is 4.98 Å². The Hall–Kier alpha value is -2.89. The molecular weight excluding hydrogens is 408 g/mol. The van der Waals surface area contributed by atoms with Gasteiger partial charge in [0.05, 0.1) is 16.3 Å². The SMILES string of the molecule is Cc1cccc(C)c1NC(=O)CSc1nc(-c2ccccc2)c(-c2ccccc2)s1. The van der Waals surface area contributed by atoms with Crippen molar-refractivity contribution < 1.29 is 4.79 Å². The van der Waals surface area contributed by atoms with Crippen LogP contribution in [0.2, 0.25) is 0 Å². The minimum absolute atomic E-state index is 0.0184. The third kappa shape index (κ3) is 4.64. The Labute approximate surface area is 185 Å². The average Bonchev–Trinajstić information content (AvgIpc) is 3.21. The highest BCUT2D eigenvalue weighted by Crippen LogP contribution is 2.40. The topological polar surface area (TPSA) is 42.0 Å². The Morgan fingerprint density at radius 3 is 2.10 bits per heavy atom.